The van der Waals surface area contributed by atoms with E-state index in [0.29, 0.717) is 17.9 Å². The van der Waals surface area contributed by atoms with Crippen molar-refractivity contribution in [2.75, 3.05) is 32.3 Å². The molecule has 0 spiro atoms. The predicted octanol–water partition coefficient (Wildman–Crippen LogP) is 2.34. The van der Waals surface area contributed by atoms with Crippen LogP contribution in [0.3, 0.4) is 0 Å². The van der Waals surface area contributed by atoms with Crippen LogP contribution < -0.4 is 0 Å². The summed E-state index contributed by atoms with van der Waals surface area (Å²) in [6, 6.07) is 0. The van der Waals surface area contributed by atoms with E-state index in [9.17, 15) is 9.79 Å². The zero-order chi connectivity index (χ0) is 13.6. The molecule has 0 rings (SSSR count). The van der Waals surface area contributed by atoms with Gasteiger partial charge in [-0.2, -0.15) is 0 Å². The van der Waals surface area contributed by atoms with Crippen molar-refractivity contribution >= 4 is 26.9 Å². The quantitative estimate of drug-likeness (QED) is 0.506. The average Bonchev–Trinajstić information content (AvgIpc) is 2.31. The Balaban J connectivity index is 4.14. The summed E-state index contributed by atoms with van der Waals surface area (Å²) < 4.78 is 10.6. The van der Waals surface area contributed by atoms with Crippen molar-refractivity contribution in [3.8, 4) is 0 Å². The van der Waals surface area contributed by atoms with E-state index < -0.39 is 15.5 Å². The Bertz CT molecular complexity index is 218. The van der Waals surface area contributed by atoms with Gasteiger partial charge in [-0.05, 0) is 0 Å². The molecule has 0 heterocycles. The monoisotopic (exact) mass is 302 g/mol. The third-order valence-corrected chi connectivity index (χ3v) is 12.8. The van der Waals surface area contributed by atoms with E-state index in [0.717, 1.165) is 12.2 Å². The maximum absolute atomic E-state index is 10.3. The molecule has 0 radical (unpaired) electrons. The van der Waals surface area contributed by atoms with Crippen molar-refractivity contribution in [2.45, 2.75) is 32.7 Å². The van der Waals surface area contributed by atoms with Crippen LogP contribution in [-0.4, -0.2) is 51.4 Å². The van der Waals surface area contributed by atoms with Crippen LogP contribution in [0.2, 0.25) is 5.54 Å². The predicted molar refractivity (Wildman–Crippen MR) is 80.1 cm³/mol. The molecule has 0 amide bonds. The van der Waals surface area contributed by atoms with Crippen LogP contribution in [0.5, 0.6) is 0 Å². The van der Waals surface area contributed by atoms with Crippen molar-refractivity contribution in [1.82, 2.24) is 0 Å². The fourth-order valence-corrected chi connectivity index (χ4v) is 7.74. The first-order valence-electron chi connectivity index (χ1n) is 6.02. The molecule has 2 N–H and O–H groups in total. The Morgan fingerprint density at radius 2 is 1.65 bits per heavy atom. The molecular weight excluding hydrogens is 275 g/mol. The first kappa shape index (κ1) is 17.8. The molecule has 106 valence electrons. The number of hydrogen-bond donors (Lipinski definition) is 2. The van der Waals surface area contributed by atoms with Gasteiger partial charge in [-0.1, -0.05) is 0 Å². The standard InChI is InChI=1S/C10H27O4PSSi/c1-6-15(11,12,7-2)16-9-8-10(3)17(13-4)14-5/h10-12,17H,6-9H2,1-5H3. The van der Waals surface area contributed by atoms with Gasteiger partial charge < -0.3 is 0 Å². The molecule has 0 saturated carbocycles. The molecular formula is C10H27O4PSSi. The van der Waals surface area contributed by atoms with Gasteiger partial charge in [-0.25, -0.2) is 0 Å². The number of rotatable bonds is 9. The van der Waals surface area contributed by atoms with Crippen molar-refractivity contribution < 1.29 is 18.6 Å². The Hall–Kier alpha value is 0.837. The van der Waals surface area contributed by atoms with Crippen LogP contribution in [0.15, 0.2) is 0 Å². The summed E-state index contributed by atoms with van der Waals surface area (Å²) in [5, 5.41) is 0. The minimum absolute atomic E-state index is 0.381. The molecule has 17 heavy (non-hydrogen) atoms. The maximum atomic E-state index is 10.3. The summed E-state index contributed by atoms with van der Waals surface area (Å²) >= 11 is 1.35. The zero-order valence-corrected chi connectivity index (χ0v) is 14.4. The summed E-state index contributed by atoms with van der Waals surface area (Å²) in [6.07, 6.45) is -1.62. The van der Waals surface area contributed by atoms with Crippen molar-refractivity contribution in [3.63, 3.8) is 0 Å². The summed E-state index contributed by atoms with van der Waals surface area (Å²) in [5.41, 5.74) is 0.381. The molecule has 0 aromatic rings. The Morgan fingerprint density at radius 3 is 2.00 bits per heavy atom. The summed E-state index contributed by atoms with van der Waals surface area (Å²) in [4.78, 5) is 20.5. The van der Waals surface area contributed by atoms with Gasteiger partial charge in [0.2, 0.25) is 0 Å². The molecule has 1 unspecified atom stereocenters. The molecule has 0 saturated heterocycles. The molecule has 0 fully saturated rings. The van der Waals surface area contributed by atoms with Crippen LogP contribution >= 0.6 is 17.6 Å². The van der Waals surface area contributed by atoms with Crippen LogP contribution in [-0.2, 0) is 8.85 Å². The van der Waals surface area contributed by atoms with Gasteiger partial charge in [0.1, 0.15) is 0 Å². The third kappa shape index (κ3) is 6.01. The normalized spacial score (nSPS) is 16.8. The summed E-state index contributed by atoms with van der Waals surface area (Å²) in [6.45, 7) is 5.80. The van der Waals surface area contributed by atoms with Crippen LogP contribution in [0.4, 0.5) is 0 Å². The zero-order valence-electron chi connectivity index (χ0n) is 11.5. The Kier molecular flexibility index (Phi) is 7.80. The molecule has 0 aliphatic rings. The van der Waals surface area contributed by atoms with Gasteiger partial charge in [0.25, 0.3) is 0 Å². The van der Waals surface area contributed by atoms with E-state index >= 15 is 0 Å². The molecule has 0 aromatic carbocycles. The van der Waals surface area contributed by atoms with Crippen LogP contribution in [0.25, 0.3) is 0 Å². The van der Waals surface area contributed by atoms with Gasteiger partial charge in [-0.3, -0.25) is 0 Å². The first-order valence-corrected chi connectivity index (χ1v) is 11.7. The van der Waals surface area contributed by atoms with Gasteiger partial charge in [0.05, 0.1) is 0 Å². The molecule has 0 aliphatic heterocycles. The van der Waals surface area contributed by atoms with Gasteiger partial charge in [0.15, 0.2) is 0 Å². The second-order valence-corrected chi connectivity index (χ2v) is 15.0. The summed E-state index contributed by atoms with van der Waals surface area (Å²) in [5.74, 6) is 0.754. The van der Waals surface area contributed by atoms with E-state index in [1.54, 1.807) is 14.2 Å². The van der Waals surface area contributed by atoms with E-state index in [-0.39, 0.29) is 0 Å². The topological polar surface area (TPSA) is 58.9 Å². The molecule has 0 aliphatic carbocycles. The van der Waals surface area contributed by atoms with Gasteiger partial charge in [0, 0.05) is 0 Å². The van der Waals surface area contributed by atoms with E-state index in [1.807, 2.05) is 13.8 Å². The Labute approximate surface area is 111 Å². The molecule has 0 bridgehead atoms. The van der Waals surface area contributed by atoms with Crippen molar-refractivity contribution in [1.29, 1.82) is 0 Å². The van der Waals surface area contributed by atoms with E-state index in [2.05, 4.69) is 6.92 Å². The molecule has 4 nitrogen and oxygen atoms in total. The van der Waals surface area contributed by atoms with Crippen molar-refractivity contribution in [2.24, 2.45) is 0 Å². The second-order valence-electron chi connectivity index (χ2n) is 4.37. The average molecular weight is 302 g/mol. The SMILES string of the molecule is CCP(O)(O)(CC)SCCC(C)[SiH](OC)OC. The second kappa shape index (κ2) is 7.43. The first-order chi connectivity index (χ1) is 7.81. The van der Waals surface area contributed by atoms with E-state index in [4.69, 9.17) is 8.85 Å². The Morgan fingerprint density at radius 1 is 1.18 bits per heavy atom. The van der Waals surface area contributed by atoms with Crippen molar-refractivity contribution in [3.05, 3.63) is 0 Å². The molecule has 7 heteroatoms. The summed E-state index contributed by atoms with van der Waals surface area (Å²) in [7, 11) is 1.79. The fraction of sp³-hybridized carbons (Fsp3) is 1.00. The molecule has 1 atom stereocenters. The third-order valence-electron chi connectivity index (χ3n) is 3.16. The van der Waals surface area contributed by atoms with E-state index in [1.165, 1.54) is 11.4 Å². The van der Waals surface area contributed by atoms with Crippen LogP contribution in [0.1, 0.15) is 27.2 Å². The van der Waals surface area contributed by atoms with Gasteiger partial charge in [-0.15, -0.1) is 0 Å². The van der Waals surface area contributed by atoms with Gasteiger partial charge >= 0.3 is 111 Å². The minimum atomic E-state index is -3.44. The van der Waals surface area contributed by atoms with Crippen LogP contribution in [0, 0.1) is 0 Å². The number of hydrogen-bond acceptors (Lipinski definition) is 5. The molecule has 0 aromatic heterocycles. The fourth-order valence-electron chi connectivity index (χ4n) is 1.55.